The molecule has 0 bridgehead atoms. The van der Waals surface area contributed by atoms with Gasteiger partial charge in [0.1, 0.15) is 6.04 Å². The highest BCUT2D eigenvalue weighted by atomic mass is 127. The molecule has 20 heavy (non-hydrogen) atoms. The van der Waals surface area contributed by atoms with Crippen molar-refractivity contribution >= 4 is 34.5 Å². The van der Waals surface area contributed by atoms with E-state index in [0.29, 0.717) is 19.3 Å². The summed E-state index contributed by atoms with van der Waals surface area (Å²) in [5.74, 6) is -0.609. The van der Waals surface area contributed by atoms with Crippen molar-refractivity contribution in [2.45, 2.75) is 25.3 Å². The maximum atomic E-state index is 11.8. The lowest BCUT2D eigenvalue weighted by Crippen LogP contribution is -2.42. The van der Waals surface area contributed by atoms with E-state index in [1.54, 1.807) is 6.08 Å². The van der Waals surface area contributed by atoms with E-state index in [-0.39, 0.29) is 5.91 Å². The maximum Gasteiger partial charge on any atom is 0.328 e. The van der Waals surface area contributed by atoms with Gasteiger partial charge in [-0.15, -0.1) is 6.58 Å². The molecule has 1 aromatic rings. The summed E-state index contributed by atoms with van der Waals surface area (Å²) in [6.45, 7) is 3.57. The molecule has 0 aliphatic heterocycles. The van der Waals surface area contributed by atoms with Crippen LogP contribution in [-0.4, -0.2) is 25.0 Å². The van der Waals surface area contributed by atoms with Gasteiger partial charge in [-0.2, -0.15) is 0 Å². The minimum Gasteiger partial charge on any atom is -0.467 e. The number of rotatable bonds is 7. The first kappa shape index (κ1) is 16.7. The zero-order valence-corrected chi connectivity index (χ0v) is 13.6. The van der Waals surface area contributed by atoms with Crippen LogP contribution in [0, 0.1) is 3.57 Å². The van der Waals surface area contributed by atoms with Crippen LogP contribution in [0.25, 0.3) is 0 Å². The van der Waals surface area contributed by atoms with Crippen LogP contribution >= 0.6 is 22.6 Å². The van der Waals surface area contributed by atoms with Gasteiger partial charge in [0.15, 0.2) is 0 Å². The molecule has 1 aromatic carbocycles. The van der Waals surface area contributed by atoms with E-state index in [1.807, 2.05) is 24.3 Å². The molecule has 4 nitrogen and oxygen atoms in total. The molecule has 1 N–H and O–H groups in total. The Morgan fingerprint density at radius 3 is 2.85 bits per heavy atom. The number of amides is 1. The fraction of sp³-hybridized carbons (Fsp3) is 0.333. The molecule has 108 valence electrons. The van der Waals surface area contributed by atoms with Crippen molar-refractivity contribution in [2.24, 2.45) is 0 Å². The van der Waals surface area contributed by atoms with E-state index in [4.69, 9.17) is 4.74 Å². The minimum atomic E-state index is -0.657. The summed E-state index contributed by atoms with van der Waals surface area (Å²) in [7, 11) is 1.32. The first-order valence-corrected chi connectivity index (χ1v) is 7.37. The van der Waals surface area contributed by atoms with Crippen molar-refractivity contribution in [3.8, 4) is 0 Å². The summed E-state index contributed by atoms with van der Waals surface area (Å²) in [6.07, 6.45) is 3.00. The van der Waals surface area contributed by atoms with Gasteiger partial charge < -0.3 is 10.1 Å². The molecule has 5 heteroatoms. The van der Waals surface area contributed by atoms with E-state index in [9.17, 15) is 9.59 Å². The lowest BCUT2D eigenvalue weighted by Gasteiger charge is -2.16. The molecular formula is C15H18INO3. The lowest BCUT2D eigenvalue weighted by molar-refractivity contribution is -0.145. The zero-order valence-electron chi connectivity index (χ0n) is 11.4. The van der Waals surface area contributed by atoms with Gasteiger partial charge in [-0.3, -0.25) is 4.79 Å². The number of esters is 1. The number of carbonyl (C=O) groups excluding carboxylic acids is 2. The van der Waals surface area contributed by atoms with E-state index in [0.717, 1.165) is 9.13 Å². The Morgan fingerprint density at radius 1 is 1.50 bits per heavy atom. The van der Waals surface area contributed by atoms with Gasteiger partial charge in [0.05, 0.1) is 7.11 Å². The fourth-order valence-electron chi connectivity index (χ4n) is 1.73. The number of methoxy groups -OCH3 is 1. The van der Waals surface area contributed by atoms with Gasteiger partial charge >= 0.3 is 5.97 Å². The number of hydrogen-bond acceptors (Lipinski definition) is 3. The average molecular weight is 387 g/mol. The number of nitrogens with one attached hydrogen (secondary N) is 1. The zero-order chi connectivity index (χ0) is 15.0. The molecule has 1 atom stereocenters. The molecular weight excluding hydrogens is 369 g/mol. The molecule has 1 amide bonds. The Bertz CT molecular complexity index is 488. The molecule has 0 spiro atoms. The largest absolute Gasteiger partial charge is 0.467 e. The third kappa shape index (κ3) is 5.73. The van der Waals surface area contributed by atoms with Crippen LogP contribution in [0.5, 0.6) is 0 Å². The van der Waals surface area contributed by atoms with E-state index >= 15 is 0 Å². The third-order valence-electron chi connectivity index (χ3n) is 2.73. The summed E-state index contributed by atoms with van der Waals surface area (Å²) in [5.41, 5.74) is 0.983. The monoisotopic (exact) mass is 387 g/mol. The molecule has 0 heterocycles. The number of allylic oxidation sites excluding steroid dienone is 1. The van der Waals surface area contributed by atoms with Crippen LogP contribution in [0.3, 0.4) is 0 Å². The fourth-order valence-corrected chi connectivity index (χ4v) is 2.34. The molecule has 1 rings (SSSR count). The molecule has 0 aromatic heterocycles. The Balaban J connectivity index is 2.72. The maximum absolute atomic E-state index is 11.8. The molecule has 0 saturated carbocycles. The predicted octanol–water partition coefficient (Wildman–Crippen LogP) is 2.46. The summed E-state index contributed by atoms with van der Waals surface area (Å²) < 4.78 is 5.83. The van der Waals surface area contributed by atoms with Crippen molar-refractivity contribution < 1.29 is 14.3 Å². The van der Waals surface area contributed by atoms with Crippen LogP contribution in [0.4, 0.5) is 0 Å². The van der Waals surface area contributed by atoms with Gasteiger partial charge in [0.25, 0.3) is 0 Å². The van der Waals surface area contributed by atoms with E-state index < -0.39 is 12.0 Å². The second-order valence-corrected chi connectivity index (χ2v) is 5.55. The number of benzene rings is 1. The number of hydrogen-bond donors (Lipinski definition) is 1. The van der Waals surface area contributed by atoms with Crippen LogP contribution in [-0.2, 0) is 20.7 Å². The average Bonchev–Trinajstić information content (AvgIpc) is 2.43. The highest BCUT2D eigenvalue weighted by Gasteiger charge is 2.21. The van der Waals surface area contributed by atoms with Crippen LogP contribution < -0.4 is 5.32 Å². The minimum absolute atomic E-state index is 0.175. The molecule has 0 saturated heterocycles. The van der Waals surface area contributed by atoms with Crippen molar-refractivity contribution in [2.75, 3.05) is 7.11 Å². The Hall–Kier alpha value is -1.37. The number of halogens is 1. The molecule has 0 unspecified atom stereocenters. The van der Waals surface area contributed by atoms with Crippen LogP contribution in [0.1, 0.15) is 18.4 Å². The second kappa shape index (κ2) is 8.73. The quantitative estimate of drug-likeness (QED) is 0.444. The van der Waals surface area contributed by atoms with Crippen molar-refractivity contribution in [3.05, 3.63) is 46.1 Å². The molecule has 0 fully saturated rings. The highest BCUT2D eigenvalue weighted by molar-refractivity contribution is 14.1. The Morgan fingerprint density at radius 2 is 2.25 bits per heavy atom. The number of carbonyl (C=O) groups is 2. The highest BCUT2D eigenvalue weighted by Crippen LogP contribution is 2.10. The summed E-state index contributed by atoms with van der Waals surface area (Å²) in [4.78, 5) is 23.5. The van der Waals surface area contributed by atoms with Gasteiger partial charge in [-0.1, -0.05) is 18.2 Å². The van der Waals surface area contributed by atoms with Crippen molar-refractivity contribution in [1.29, 1.82) is 0 Å². The topological polar surface area (TPSA) is 55.4 Å². The molecule has 0 aliphatic carbocycles. The van der Waals surface area contributed by atoms with Crippen molar-refractivity contribution in [3.63, 3.8) is 0 Å². The van der Waals surface area contributed by atoms with Crippen molar-refractivity contribution in [1.82, 2.24) is 5.32 Å². The standard InChI is InChI=1S/C15H18INO3/c1-3-4-8-14(18)17-13(15(19)20-2)10-11-6-5-7-12(16)9-11/h3,5-7,9,13H,1,4,8,10H2,2H3,(H,17,18)/t13-/m0/s1. The number of ether oxygens (including phenoxy) is 1. The van der Waals surface area contributed by atoms with Crippen LogP contribution in [0.15, 0.2) is 36.9 Å². The first-order valence-electron chi connectivity index (χ1n) is 6.29. The third-order valence-corrected chi connectivity index (χ3v) is 3.40. The lowest BCUT2D eigenvalue weighted by atomic mass is 10.1. The van der Waals surface area contributed by atoms with E-state index in [1.165, 1.54) is 7.11 Å². The SMILES string of the molecule is C=CCCC(=O)N[C@@H](Cc1cccc(I)c1)C(=O)OC. The normalized spacial score (nSPS) is 11.5. The Kier molecular flexibility index (Phi) is 7.28. The summed E-state index contributed by atoms with van der Waals surface area (Å²) >= 11 is 2.21. The Labute approximate surface area is 132 Å². The molecule has 0 radical (unpaired) electrons. The summed E-state index contributed by atoms with van der Waals surface area (Å²) in [6, 6.07) is 7.14. The molecule has 0 aliphatic rings. The van der Waals surface area contributed by atoms with Gasteiger partial charge in [-0.25, -0.2) is 4.79 Å². The smallest absolute Gasteiger partial charge is 0.328 e. The van der Waals surface area contributed by atoms with Crippen LogP contribution in [0.2, 0.25) is 0 Å². The van der Waals surface area contributed by atoms with E-state index in [2.05, 4.69) is 34.5 Å². The van der Waals surface area contributed by atoms with Gasteiger partial charge in [0, 0.05) is 16.4 Å². The predicted molar refractivity (Wildman–Crippen MR) is 86.2 cm³/mol. The van der Waals surface area contributed by atoms with Gasteiger partial charge in [0.2, 0.25) is 5.91 Å². The summed E-state index contributed by atoms with van der Waals surface area (Å²) in [5, 5.41) is 2.71. The first-order chi connectivity index (χ1) is 9.56. The second-order valence-electron chi connectivity index (χ2n) is 4.30. The van der Waals surface area contributed by atoms with Gasteiger partial charge in [-0.05, 0) is 46.7 Å².